The van der Waals surface area contributed by atoms with Gasteiger partial charge in [0.15, 0.2) is 0 Å². The molecule has 6 nitrogen and oxygen atoms in total. The van der Waals surface area contributed by atoms with E-state index in [1.807, 2.05) is 26.0 Å². The smallest absolute Gasteiger partial charge is 0.238 e. The van der Waals surface area contributed by atoms with Gasteiger partial charge in [-0.2, -0.15) is 0 Å². The highest BCUT2D eigenvalue weighted by atomic mass is 16.2. The van der Waals surface area contributed by atoms with Crippen LogP contribution in [0.1, 0.15) is 29.3 Å². The van der Waals surface area contributed by atoms with Gasteiger partial charge in [-0.25, -0.2) is 9.97 Å². The van der Waals surface area contributed by atoms with Gasteiger partial charge < -0.3 is 10.2 Å². The van der Waals surface area contributed by atoms with Gasteiger partial charge in [-0.3, -0.25) is 9.69 Å². The zero-order valence-corrected chi connectivity index (χ0v) is 16.7. The van der Waals surface area contributed by atoms with Crippen molar-refractivity contribution in [1.29, 1.82) is 0 Å². The molecule has 0 atom stereocenters. The number of carbonyl (C=O) groups is 1. The maximum Gasteiger partial charge on any atom is 0.238 e. The minimum atomic E-state index is 0.0440. The summed E-state index contributed by atoms with van der Waals surface area (Å²) in [5.74, 6) is 1.09. The van der Waals surface area contributed by atoms with Gasteiger partial charge in [0, 0.05) is 43.1 Å². The number of benzene rings is 1. The first-order valence-corrected chi connectivity index (χ1v) is 9.62. The topological polar surface area (TPSA) is 61.4 Å². The summed E-state index contributed by atoms with van der Waals surface area (Å²) in [5.41, 5.74) is 5.47. The number of hydrogen-bond acceptors (Lipinski definition) is 5. The lowest BCUT2D eigenvalue weighted by Gasteiger charge is -2.36. The third kappa shape index (κ3) is 4.63. The molecule has 27 heavy (non-hydrogen) atoms. The second-order valence-corrected chi connectivity index (χ2v) is 7.24. The van der Waals surface area contributed by atoms with Crippen molar-refractivity contribution in [3.05, 3.63) is 46.9 Å². The van der Waals surface area contributed by atoms with Crippen LogP contribution in [0.25, 0.3) is 0 Å². The van der Waals surface area contributed by atoms with Gasteiger partial charge in [0.05, 0.1) is 6.54 Å². The molecule has 1 N–H and O–H groups in total. The van der Waals surface area contributed by atoms with Crippen molar-refractivity contribution < 1.29 is 4.79 Å². The molecule has 1 aromatic carbocycles. The van der Waals surface area contributed by atoms with Crippen LogP contribution in [-0.2, 0) is 11.2 Å². The number of aryl methyl sites for hydroxylation is 3. The largest absolute Gasteiger partial charge is 0.354 e. The molecular formula is C21H29N5O. The lowest BCUT2D eigenvalue weighted by molar-refractivity contribution is -0.117. The molecular weight excluding hydrogens is 338 g/mol. The van der Waals surface area contributed by atoms with E-state index in [-0.39, 0.29) is 5.91 Å². The predicted octanol–water partition coefficient (Wildman–Crippen LogP) is 2.72. The van der Waals surface area contributed by atoms with E-state index < -0.39 is 0 Å². The maximum atomic E-state index is 12.4. The molecule has 6 heteroatoms. The monoisotopic (exact) mass is 367 g/mol. The minimum Gasteiger partial charge on any atom is -0.354 e. The van der Waals surface area contributed by atoms with Crippen LogP contribution in [0, 0.1) is 20.8 Å². The van der Waals surface area contributed by atoms with Gasteiger partial charge in [0.25, 0.3) is 0 Å². The molecule has 1 fully saturated rings. The van der Waals surface area contributed by atoms with Crippen LogP contribution >= 0.6 is 0 Å². The lowest BCUT2D eigenvalue weighted by atomic mass is 10.1. The second-order valence-electron chi connectivity index (χ2n) is 7.24. The molecule has 2 heterocycles. The van der Waals surface area contributed by atoms with Crippen LogP contribution in [0.15, 0.2) is 24.5 Å². The van der Waals surface area contributed by atoms with Crippen molar-refractivity contribution in [1.82, 2.24) is 14.9 Å². The maximum absolute atomic E-state index is 12.4. The summed E-state index contributed by atoms with van der Waals surface area (Å²) in [6, 6.07) is 6.09. The van der Waals surface area contributed by atoms with E-state index >= 15 is 0 Å². The minimum absolute atomic E-state index is 0.0440. The zero-order valence-electron chi connectivity index (χ0n) is 16.7. The summed E-state index contributed by atoms with van der Waals surface area (Å²) in [5, 5.41) is 3.04. The third-order valence-corrected chi connectivity index (χ3v) is 5.19. The Bertz CT molecular complexity index is 812. The summed E-state index contributed by atoms with van der Waals surface area (Å²) in [7, 11) is 0. The summed E-state index contributed by atoms with van der Waals surface area (Å²) >= 11 is 0. The molecule has 0 bridgehead atoms. The molecule has 1 aromatic heterocycles. The quantitative estimate of drug-likeness (QED) is 0.880. The number of anilines is 2. The van der Waals surface area contributed by atoms with E-state index in [1.165, 1.54) is 11.1 Å². The van der Waals surface area contributed by atoms with Crippen molar-refractivity contribution in [3.63, 3.8) is 0 Å². The Morgan fingerprint density at radius 2 is 1.85 bits per heavy atom. The average Bonchev–Trinajstić information content (AvgIpc) is 2.64. The van der Waals surface area contributed by atoms with Crippen LogP contribution in [0.3, 0.4) is 0 Å². The normalized spacial score (nSPS) is 15.0. The fraction of sp³-hybridized carbons (Fsp3) is 0.476. The van der Waals surface area contributed by atoms with Gasteiger partial charge >= 0.3 is 0 Å². The number of piperazine rings is 1. The summed E-state index contributed by atoms with van der Waals surface area (Å²) < 4.78 is 0. The van der Waals surface area contributed by atoms with Crippen molar-refractivity contribution >= 4 is 17.4 Å². The first kappa shape index (κ1) is 19.3. The van der Waals surface area contributed by atoms with Crippen LogP contribution in [0.5, 0.6) is 0 Å². The molecule has 1 aliphatic heterocycles. The van der Waals surface area contributed by atoms with Gasteiger partial charge in [-0.15, -0.1) is 0 Å². The van der Waals surface area contributed by atoms with E-state index in [2.05, 4.69) is 45.0 Å². The fourth-order valence-corrected chi connectivity index (χ4v) is 3.64. The van der Waals surface area contributed by atoms with Gasteiger partial charge in [-0.05, 0) is 38.8 Å². The Labute approximate surface area is 161 Å². The number of amides is 1. The van der Waals surface area contributed by atoms with E-state index in [0.717, 1.165) is 55.4 Å². The number of nitrogens with one attached hydrogen (secondary N) is 1. The molecule has 0 unspecified atom stereocenters. The SMILES string of the molecule is CCc1c(C)ncnc1N1CCN(CC(=O)Nc2ccc(C)cc2C)CC1. The molecule has 3 rings (SSSR count). The Morgan fingerprint density at radius 1 is 1.11 bits per heavy atom. The molecule has 1 aliphatic rings. The van der Waals surface area contributed by atoms with Crippen molar-refractivity contribution in [2.24, 2.45) is 0 Å². The summed E-state index contributed by atoms with van der Waals surface area (Å²) in [4.78, 5) is 25.8. The zero-order chi connectivity index (χ0) is 19.4. The molecule has 1 saturated heterocycles. The molecule has 0 radical (unpaired) electrons. The van der Waals surface area contributed by atoms with Crippen molar-refractivity contribution in [2.45, 2.75) is 34.1 Å². The molecule has 0 aliphatic carbocycles. The highest BCUT2D eigenvalue weighted by Crippen LogP contribution is 2.21. The first-order chi connectivity index (χ1) is 13.0. The van der Waals surface area contributed by atoms with Crippen LogP contribution in [-0.4, -0.2) is 53.5 Å². The van der Waals surface area contributed by atoms with E-state index in [9.17, 15) is 4.79 Å². The van der Waals surface area contributed by atoms with E-state index in [1.54, 1.807) is 6.33 Å². The molecule has 144 valence electrons. The number of rotatable bonds is 5. The number of carbonyl (C=O) groups excluding carboxylic acids is 1. The fourth-order valence-electron chi connectivity index (χ4n) is 3.64. The highest BCUT2D eigenvalue weighted by molar-refractivity contribution is 5.93. The Hall–Kier alpha value is -2.47. The first-order valence-electron chi connectivity index (χ1n) is 9.62. The number of aromatic nitrogens is 2. The third-order valence-electron chi connectivity index (χ3n) is 5.19. The van der Waals surface area contributed by atoms with Gasteiger partial charge in [0.1, 0.15) is 12.1 Å². The average molecular weight is 367 g/mol. The Morgan fingerprint density at radius 3 is 2.52 bits per heavy atom. The summed E-state index contributed by atoms with van der Waals surface area (Å²) in [6.45, 7) is 12.1. The van der Waals surface area contributed by atoms with E-state index in [4.69, 9.17) is 0 Å². The number of nitrogens with zero attached hydrogens (tertiary/aromatic N) is 4. The number of hydrogen-bond donors (Lipinski definition) is 1. The standard InChI is InChI=1S/C21H29N5O/c1-5-18-17(4)22-14-23-21(18)26-10-8-25(9-11-26)13-20(27)24-19-7-6-15(2)12-16(19)3/h6-7,12,14H,5,8-11,13H2,1-4H3,(H,24,27). The molecule has 2 aromatic rings. The van der Waals surface area contributed by atoms with Crippen LogP contribution in [0.2, 0.25) is 0 Å². The molecule has 0 spiro atoms. The molecule has 0 saturated carbocycles. The Balaban J connectivity index is 1.55. The second kappa shape index (κ2) is 8.48. The Kier molecular flexibility index (Phi) is 6.06. The predicted molar refractivity (Wildman–Crippen MR) is 109 cm³/mol. The lowest BCUT2D eigenvalue weighted by Crippen LogP contribution is -2.49. The van der Waals surface area contributed by atoms with E-state index in [0.29, 0.717) is 6.54 Å². The van der Waals surface area contributed by atoms with Crippen molar-refractivity contribution in [3.8, 4) is 0 Å². The van der Waals surface area contributed by atoms with Gasteiger partial charge in [0.2, 0.25) is 5.91 Å². The highest BCUT2D eigenvalue weighted by Gasteiger charge is 2.22. The van der Waals surface area contributed by atoms with Crippen molar-refractivity contribution in [2.75, 3.05) is 42.9 Å². The van der Waals surface area contributed by atoms with Crippen LogP contribution in [0.4, 0.5) is 11.5 Å². The summed E-state index contributed by atoms with van der Waals surface area (Å²) in [6.07, 6.45) is 2.58. The van der Waals surface area contributed by atoms with Crippen LogP contribution < -0.4 is 10.2 Å². The molecule has 1 amide bonds. The van der Waals surface area contributed by atoms with Gasteiger partial charge in [-0.1, -0.05) is 24.6 Å².